The van der Waals surface area contributed by atoms with Crippen LogP contribution >= 0.6 is 0 Å². The Hall–Kier alpha value is -2.78. The summed E-state index contributed by atoms with van der Waals surface area (Å²) < 4.78 is 8.77. The number of rotatable bonds is 7. The van der Waals surface area contributed by atoms with E-state index in [0.717, 1.165) is 0 Å². The standard InChI is InChI=1S/C12H14O10/c1-5(13)11(9(17)18,21-7(3)15)12(6(2)14,10(19)20)22-8(4)16/h1-4H3,(H,17,18)(H,19,20). The van der Waals surface area contributed by atoms with Gasteiger partial charge in [0.25, 0.3) is 0 Å². The molecule has 0 saturated heterocycles. The highest BCUT2D eigenvalue weighted by atomic mass is 16.6. The van der Waals surface area contributed by atoms with Crippen LogP contribution in [-0.2, 0) is 38.2 Å². The van der Waals surface area contributed by atoms with Gasteiger partial charge in [0.2, 0.25) is 0 Å². The first-order valence-corrected chi connectivity index (χ1v) is 5.74. The first-order chi connectivity index (χ1) is 9.86. The Morgan fingerprint density at radius 3 is 0.955 bits per heavy atom. The van der Waals surface area contributed by atoms with Crippen molar-refractivity contribution in [1.29, 1.82) is 0 Å². The van der Waals surface area contributed by atoms with Crippen molar-refractivity contribution in [1.82, 2.24) is 0 Å². The average Bonchev–Trinajstić information content (AvgIpc) is 2.30. The van der Waals surface area contributed by atoms with Crippen LogP contribution in [-0.4, -0.2) is 56.9 Å². The number of carbonyl (C=O) groups excluding carboxylic acids is 4. The fourth-order valence-corrected chi connectivity index (χ4v) is 1.90. The van der Waals surface area contributed by atoms with Crippen molar-refractivity contribution in [3.8, 4) is 0 Å². The minimum atomic E-state index is -3.55. The highest BCUT2D eigenvalue weighted by Gasteiger charge is 2.74. The maximum atomic E-state index is 11.8. The Kier molecular flexibility index (Phi) is 5.53. The number of esters is 2. The number of aliphatic carboxylic acids is 2. The molecule has 10 heteroatoms. The molecule has 0 aliphatic carbocycles. The third kappa shape index (κ3) is 2.80. The van der Waals surface area contributed by atoms with Crippen LogP contribution in [0.2, 0.25) is 0 Å². The Morgan fingerprint density at radius 1 is 0.636 bits per heavy atom. The first-order valence-electron chi connectivity index (χ1n) is 5.74. The van der Waals surface area contributed by atoms with E-state index in [1.807, 2.05) is 0 Å². The Bertz CT molecular complexity index is 480. The molecule has 0 radical (unpaired) electrons. The molecule has 0 bridgehead atoms. The zero-order valence-corrected chi connectivity index (χ0v) is 12.2. The van der Waals surface area contributed by atoms with E-state index in [4.69, 9.17) is 0 Å². The van der Waals surface area contributed by atoms with Crippen molar-refractivity contribution in [2.75, 3.05) is 0 Å². The highest BCUT2D eigenvalue weighted by molar-refractivity contribution is 6.22. The van der Waals surface area contributed by atoms with Crippen LogP contribution in [0.1, 0.15) is 27.7 Å². The summed E-state index contributed by atoms with van der Waals surface area (Å²) in [6.45, 7) is 2.56. The lowest BCUT2D eigenvalue weighted by Crippen LogP contribution is -2.73. The van der Waals surface area contributed by atoms with Gasteiger partial charge in [-0.2, -0.15) is 0 Å². The van der Waals surface area contributed by atoms with Gasteiger partial charge in [0.05, 0.1) is 0 Å². The van der Waals surface area contributed by atoms with Crippen molar-refractivity contribution in [3.05, 3.63) is 0 Å². The number of hydrogen-bond donors (Lipinski definition) is 2. The van der Waals surface area contributed by atoms with Crippen molar-refractivity contribution in [3.63, 3.8) is 0 Å². The van der Waals surface area contributed by atoms with Crippen LogP contribution in [0.3, 0.4) is 0 Å². The van der Waals surface area contributed by atoms with Gasteiger partial charge >= 0.3 is 35.1 Å². The summed E-state index contributed by atoms with van der Waals surface area (Å²) >= 11 is 0. The molecule has 0 aliphatic heterocycles. The van der Waals surface area contributed by atoms with E-state index in [-0.39, 0.29) is 0 Å². The van der Waals surface area contributed by atoms with Gasteiger partial charge in [-0.1, -0.05) is 0 Å². The van der Waals surface area contributed by atoms with Gasteiger partial charge in [-0.05, 0) is 13.8 Å². The third-order valence-electron chi connectivity index (χ3n) is 2.68. The van der Waals surface area contributed by atoms with Gasteiger partial charge in [-0.3, -0.25) is 19.2 Å². The number of hydrogen-bond acceptors (Lipinski definition) is 8. The summed E-state index contributed by atoms with van der Waals surface area (Å²) in [7, 11) is 0. The summed E-state index contributed by atoms with van der Waals surface area (Å²) in [5, 5.41) is 18.6. The second-order valence-corrected chi connectivity index (χ2v) is 4.27. The van der Waals surface area contributed by atoms with Gasteiger partial charge in [-0.15, -0.1) is 0 Å². The predicted octanol–water partition coefficient (Wildman–Crippen LogP) is -1.06. The number of Topliss-reactive ketones (excluding diaryl/α,β-unsaturated/α-hetero) is 2. The minimum absolute atomic E-state index is 0.585. The molecule has 0 spiro atoms. The van der Waals surface area contributed by atoms with E-state index < -0.39 is 46.6 Å². The SMILES string of the molecule is CC(=O)OC(C(C)=O)(C(=O)O)C(OC(C)=O)(C(C)=O)C(=O)O. The van der Waals surface area contributed by atoms with Gasteiger partial charge in [0.1, 0.15) is 0 Å². The Labute approximate surface area is 124 Å². The van der Waals surface area contributed by atoms with Crippen LogP contribution in [0.4, 0.5) is 0 Å². The third-order valence-corrected chi connectivity index (χ3v) is 2.68. The van der Waals surface area contributed by atoms with Crippen molar-refractivity contribution < 1.29 is 48.5 Å². The fraction of sp³-hybridized carbons (Fsp3) is 0.500. The minimum Gasteiger partial charge on any atom is -0.478 e. The Morgan fingerprint density at radius 2 is 0.864 bits per heavy atom. The summed E-state index contributed by atoms with van der Waals surface area (Å²) in [6.07, 6.45) is 0. The molecule has 22 heavy (non-hydrogen) atoms. The normalized spacial score (nSPS) is 15.6. The molecule has 2 atom stereocenters. The molecule has 2 unspecified atom stereocenters. The van der Waals surface area contributed by atoms with Gasteiger partial charge in [0.15, 0.2) is 11.6 Å². The maximum absolute atomic E-state index is 11.8. The van der Waals surface area contributed by atoms with E-state index in [1.54, 1.807) is 0 Å². The number of ether oxygens (including phenoxy) is 2. The fourth-order valence-electron chi connectivity index (χ4n) is 1.90. The largest absolute Gasteiger partial charge is 0.478 e. The summed E-state index contributed by atoms with van der Waals surface area (Å²) in [6, 6.07) is 0. The van der Waals surface area contributed by atoms with Crippen molar-refractivity contribution >= 4 is 35.4 Å². The number of carboxylic acid groups (broad SMARTS) is 2. The van der Waals surface area contributed by atoms with Gasteiger partial charge in [0, 0.05) is 13.8 Å². The van der Waals surface area contributed by atoms with Crippen LogP contribution in [0.5, 0.6) is 0 Å². The zero-order chi connectivity index (χ0) is 17.9. The lowest BCUT2D eigenvalue weighted by Gasteiger charge is -2.38. The van der Waals surface area contributed by atoms with Gasteiger partial charge < -0.3 is 19.7 Å². The molecule has 0 fully saturated rings. The molecule has 0 aromatic carbocycles. The second-order valence-electron chi connectivity index (χ2n) is 4.27. The van der Waals surface area contributed by atoms with Gasteiger partial charge in [-0.25, -0.2) is 9.59 Å². The molecular weight excluding hydrogens is 304 g/mol. The summed E-state index contributed by atoms with van der Waals surface area (Å²) in [5.41, 5.74) is -7.11. The molecule has 10 nitrogen and oxygen atoms in total. The monoisotopic (exact) mass is 318 g/mol. The van der Waals surface area contributed by atoms with Crippen LogP contribution in [0, 0.1) is 0 Å². The summed E-state index contributed by atoms with van der Waals surface area (Å²) in [5.74, 6) is -10.3. The van der Waals surface area contributed by atoms with Crippen LogP contribution in [0.25, 0.3) is 0 Å². The first kappa shape index (κ1) is 19.2. The topological polar surface area (TPSA) is 161 Å². The number of carboxylic acids is 2. The van der Waals surface area contributed by atoms with Crippen molar-refractivity contribution in [2.24, 2.45) is 0 Å². The van der Waals surface area contributed by atoms with E-state index in [1.165, 1.54) is 0 Å². The molecular formula is C12H14O10. The van der Waals surface area contributed by atoms with Crippen molar-refractivity contribution in [2.45, 2.75) is 38.9 Å². The van der Waals surface area contributed by atoms with Crippen LogP contribution < -0.4 is 0 Å². The quantitative estimate of drug-likeness (QED) is 0.437. The molecule has 0 amide bonds. The smallest absolute Gasteiger partial charge is 0.361 e. The van der Waals surface area contributed by atoms with E-state index in [0.29, 0.717) is 27.7 Å². The lowest BCUT2D eigenvalue weighted by molar-refractivity contribution is -0.223. The molecule has 0 aromatic rings. The molecule has 0 heterocycles. The number of carbonyl (C=O) groups is 6. The zero-order valence-electron chi connectivity index (χ0n) is 12.2. The lowest BCUT2D eigenvalue weighted by atomic mass is 9.76. The summed E-state index contributed by atoms with van der Waals surface area (Å²) in [4.78, 5) is 69.0. The molecule has 0 aromatic heterocycles. The number of ketones is 2. The molecule has 0 saturated carbocycles. The molecule has 122 valence electrons. The molecule has 0 rings (SSSR count). The second kappa shape index (κ2) is 6.33. The Balaban J connectivity index is 6.90. The van der Waals surface area contributed by atoms with E-state index in [9.17, 15) is 39.0 Å². The van der Waals surface area contributed by atoms with Crippen LogP contribution in [0.15, 0.2) is 0 Å². The maximum Gasteiger partial charge on any atom is 0.361 e. The average molecular weight is 318 g/mol. The predicted molar refractivity (Wildman–Crippen MR) is 65.6 cm³/mol. The molecule has 2 N–H and O–H groups in total. The highest BCUT2D eigenvalue weighted by Crippen LogP contribution is 2.34. The van der Waals surface area contributed by atoms with E-state index in [2.05, 4.69) is 9.47 Å². The molecule has 0 aliphatic rings. The van der Waals surface area contributed by atoms with E-state index >= 15 is 0 Å².